The van der Waals surface area contributed by atoms with Crippen LogP contribution in [0.3, 0.4) is 0 Å². The van der Waals surface area contributed by atoms with Gasteiger partial charge in [0.2, 0.25) is 6.79 Å². The van der Waals surface area contributed by atoms with Crippen LogP contribution in [0.15, 0.2) is 36.4 Å². The van der Waals surface area contributed by atoms with Crippen molar-refractivity contribution in [2.45, 2.75) is 20.5 Å². The maximum absolute atomic E-state index is 12.6. The molecule has 1 N–H and O–H groups in total. The fraction of sp³-hybridized carbons (Fsp3) is 0.350. The molecule has 0 atom stereocenters. The van der Waals surface area contributed by atoms with Crippen molar-refractivity contribution < 1.29 is 23.7 Å². The van der Waals surface area contributed by atoms with Gasteiger partial charge in [-0.3, -0.25) is 4.79 Å². The SMILES string of the molecule is COc1ccc(C(=O)Nc2ccc3c(c2)OCO3)cc1COCC(C)C. The van der Waals surface area contributed by atoms with Crippen molar-refractivity contribution in [2.24, 2.45) is 5.92 Å². The Morgan fingerprint density at radius 3 is 2.73 bits per heavy atom. The Balaban J connectivity index is 1.72. The molecule has 0 unspecified atom stereocenters. The minimum Gasteiger partial charge on any atom is -0.496 e. The number of benzene rings is 2. The average molecular weight is 357 g/mol. The second-order valence-corrected chi connectivity index (χ2v) is 6.46. The summed E-state index contributed by atoms with van der Waals surface area (Å²) in [5.41, 5.74) is 2.02. The monoisotopic (exact) mass is 357 g/mol. The van der Waals surface area contributed by atoms with Crippen LogP contribution in [-0.4, -0.2) is 26.4 Å². The quantitative estimate of drug-likeness (QED) is 0.815. The second-order valence-electron chi connectivity index (χ2n) is 6.46. The topological polar surface area (TPSA) is 66.0 Å². The number of amides is 1. The van der Waals surface area contributed by atoms with Crippen LogP contribution in [0.1, 0.15) is 29.8 Å². The third-order valence-electron chi connectivity index (χ3n) is 3.88. The summed E-state index contributed by atoms with van der Waals surface area (Å²) >= 11 is 0. The first-order chi connectivity index (χ1) is 12.6. The summed E-state index contributed by atoms with van der Waals surface area (Å²) < 4.78 is 21.7. The Labute approximate surface area is 153 Å². The first kappa shape index (κ1) is 18.1. The van der Waals surface area contributed by atoms with Gasteiger partial charge in [0, 0.05) is 29.5 Å². The van der Waals surface area contributed by atoms with E-state index in [-0.39, 0.29) is 12.7 Å². The van der Waals surface area contributed by atoms with Gasteiger partial charge in [0.1, 0.15) is 5.75 Å². The molecule has 2 aromatic rings. The molecule has 6 nitrogen and oxygen atoms in total. The van der Waals surface area contributed by atoms with E-state index in [0.717, 1.165) is 5.56 Å². The van der Waals surface area contributed by atoms with Crippen LogP contribution in [-0.2, 0) is 11.3 Å². The summed E-state index contributed by atoms with van der Waals surface area (Å²) in [5.74, 6) is 2.24. The zero-order valence-electron chi connectivity index (χ0n) is 15.2. The summed E-state index contributed by atoms with van der Waals surface area (Å²) in [7, 11) is 1.60. The first-order valence-electron chi connectivity index (χ1n) is 8.52. The molecule has 0 saturated carbocycles. The van der Waals surface area contributed by atoms with E-state index in [2.05, 4.69) is 19.2 Å². The average Bonchev–Trinajstić information content (AvgIpc) is 3.09. The van der Waals surface area contributed by atoms with E-state index in [9.17, 15) is 4.79 Å². The molecule has 3 rings (SSSR count). The van der Waals surface area contributed by atoms with E-state index in [1.165, 1.54) is 0 Å². The van der Waals surface area contributed by atoms with E-state index >= 15 is 0 Å². The molecular formula is C20H23NO5. The molecule has 0 aromatic heterocycles. The van der Waals surface area contributed by atoms with Crippen LogP contribution in [0, 0.1) is 5.92 Å². The molecule has 1 heterocycles. The van der Waals surface area contributed by atoms with Crippen molar-refractivity contribution in [3.8, 4) is 17.2 Å². The van der Waals surface area contributed by atoms with Gasteiger partial charge in [0.15, 0.2) is 11.5 Å². The molecule has 138 valence electrons. The van der Waals surface area contributed by atoms with Crippen molar-refractivity contribution in [1.82, 2.24) is 0 Å². The highest BCUT2D eigenvalue weighted by molar-refractivity contribution is 6.04. The molecule has 0 radical (unpaired) electrons. The van der Waals surface area contributed by atoms with Crippen LogP contribution < -0.4 is 19.5 Å². The van der Waals surface area contributed by atoms with Gasteiger partial charge >= 0.3 is 0 Å². The van der Waals surface area contributed by atoms with E-state index in [1.807, 2.05) is 0 Å². The summed E-state index contributed by atoms with van der Waals surface area (Å²) in [6, 6.07) is 10.6. The third kappa shape index (κ3) is 4.26. The molecule has 0 aliphatic carbocycles. The van der Waals surface area contributed by atoms with Gasteiger partial charge in [0.05, 0.1) is 13.7 Å². The molecule has 1 amide bonds. The number of carbonyl (C=O) groups excluding carboxylic acids is 1. The number of rotatable bonds is 7. The highest BCUT2D eigenvalue weighted by Crippen LogP contribution is 2.34. The van der Waals surface area contributed by atoms with Gasteiger partial charge in [-0.2, -0.15) is 0 Å². The molecule has 1 aliphatic rings. The predicted octanol–water partition coefficient (Wildman–Crippen LogP) is 3.85. The molecular weight excluding hydrogens is 334 g/mol. The van der Waals surface area contributed by atoms with E-state index in [1.54, 1.807) is 43.5 Å². The van der Waals surface area contributed by atoms with Crippen molar-refractivity contribution in [3.63, 3.8) is 0 Å². The fourth-order valence-corrected chi connectivity index (χ4v) is 2.61. The fourth-order valence-electron chi connectivity index (χ4n) is 2.61. The van der Waals surface area contributed by atoms with Crippen molar-refractivity contribution >= 4 is 11.6 Å². The van der Waals surface area contributed by atoms with Crippen molar-refractivity contribution in [3.05, 3.63) is 47.5 Å². The smallest absolute Gasteiger partial charge is 0.255 e. The zero-order chi connectivity index (χ0) is 18.5. The molecule has 0 spiro atoms. The molecule has 26 heavy (non-hydrogen) atoms. The highest BCUT2D eigenvalue weighted by atomic mass is 16.7. The number of nitrogens with one attached hydrogen (secondary N) is 1. The van der Waals surface area contributed by atoms with Crippen LogP contribution in [0.5, 0.6) is 17.2 Å². The molecule has 0 saturated heterocycles. The largest absolute Gasteiger partial charge is 0.496 e. The summed E-state index contributed by atoms with van der Waals surface area (Å²) in [6.07, 6.45) is 0. The van der Waals surface area contributed by atoms with Gasteiger partial charge in [-0.05, 0) is 36.2 Å². The lowest BCUT2D eigenvalue weighted by molar-refractivity contribution is 0.0952. The molecule has 2 aromatic carbocycles. The number of carbonyl (C=O) groups is 1. The van der Waals surface area contributed by atoms with E-state index in [0.29, 0.717) is 47.6 Å². The summed E-state index contributed by atoms with van der Waals surface area (Å²) in [5, 5.41) is 2.87. The predicted molar refractivity (Wildman–Crippen MR) is 98.0 cm³/mol. The number of hydrogen-bond acceptors (Lipinski definition) is 5. The third-order valence-corrected chi connectivity index (χ3v) is 3.88. The van der Waals surface area contributed by atoms with Gasteiger partial charge in [-0.1, -0.05) is 13.8 Å². The number of fused-ring (bicyclic) bond motifs is 1. The molecule has 6 heteroatoms. The van der Waals surface area contributed by atoms with Gasteiger partial charge in [-0.25, -0.2) is 0 Å². The number of ether oxygens (including phenoxy) is 4. The van der Waals surface area contributed by atoms with E-state index < -0.39 is 0 Å². The summed E-state index contributed by atoms with van der Waals surface area (Å²) in [4.78, 5) is 12.6. The van der Waals surface area contributed by atoms with Crippen molar-refractivity contribution in [1.29, 1.82) is 0 Å². The normalized spacial score (nSPS) is 12.3. The minimum atomic E-state index is -0.211. The van der Waals surface area contributed by atoms with Gasteiger partial charge < -0.3 is 24.3 Å². The van der Waals surface area contributed by atoms with Gasteiger partial charge in [-0.15, -0.1) is 0 Å². The lowest BCUT2D eigenvalue weighted by Gasteiger charge is -2.13. The maximum Gasteiger partial charge on any atom is 0.255 e. The van der Waals surface area contributed by atoms with Crippen molar-refractivity contribution in [2.75, 3.05) is 25.8 Å². The van der Waals surface area contributed by atoms with Crippen LogP contribution >= 0.6 is 0 Å². The zero-order valence-corrected chi connectivity index (χ0v) is 15.2. The summed E-state index contributed by atoms with van der Waals surface area (Å²) in [6.45, 7) is 5.42. The standard InChI is InChI=1S/C20H23NO5/c1-13(2)10-24-11-15-8-14(4-6-17(15)23-3)20(22)21-16-5-7-18-19(9-16)26-12-25-18/h4-9,13H,10-12H2,1-3H3,(H,21,22). The molecule has 0 fully saturated rings. The number of hydrogen-bond donors (Lipinski definition) is 1. The Bertz CT molecular complexity index is 788. The minimum absolute atomic E-state index is 0.199. The maximum atomic E-state index is 12.6. The second kappa shape index (κ2) is 8.10. The Morgan fingerprint density at radius 1 is 1.15 bits per heavy atom. The lowest BCUT2D eigenvalue weighted by atomic mass is 10.1. The highest BCUT2D eigenvalue weighted by Gasteiger charge is 2.15. The van der Waals surface area contributed by atoms with Gasteiger partial charge in [0.25, 0.3) is 5.91 Å². The first-order valence-corrected chi connectivity index (χ1v) is 8.52. The number of methoxy groups -OCH3 is 1. The molecule has 0 bridgehead atoms. The van der Waals surface area contributed by atoms with E-state index in [4.69, 9.17) is 18.9 Å². The van der Waals surface area contributed by atoms with Crippen LogP contribution in [0.2, 0.25) is 0 Å². The number of anilines is 1. The molecule has 1 aliphatic heterocycles. The Hall–Kier alpha value is -2.73. The van der Waals surface area contributed by atoms with Crippen LogP contribution in [0.4, 0.5) is 5.69 Å². The lowest BCUT2D eigenvalue weighted by Crippen LogP contribution is -2.13. The Kier molecular flexibility index (Phi) is 5.63. The van der Waals surface area contributed by atoms with Crippen LogP contribution in [0.25, 0.3) is 0 Å². The Morgan fingerprint density at radius 2 is 1.96 bits per heavy atom.